The largest absolute Gasteiger partial charge is 0.328 e. The van der Waals surface area contributed by atoms with Crippen molar-refractivity contribution < 1.29 is 0 Å². The van der Waals surface area contributed by atoms with Crippen LogP contribution in [0.15, 0.2) is 0 Å². The van der Waals surface area contributed by atoms with Crippen LogP contribution in [0.2, 0.25) is 0 Å². The molecule has 0 saturated heterocycles. The van der Waals surface area contributed by atoms with E-state index in [2.05, 4.69) is 53.5 Å². The second-order valence-corrected chi connectivity index (χ2v) is 6.99. The van der Waals surface area contributed by atoms with Gasteiger partial charge in [-0.2, -0.15) is 0 Å². The van der Waals surface area contributed by atoms with E-state index in [0.717, 1.165) is 12.3 Å². The zero-order chi connectivity index (χ0) is 13.6. The molecule has 104 valence electrons. The molecule has 2 N–H and O–H groups in total. The Morgan fingerprint density at radius 1 is 1.06 bits per heavy atom. The van der Waals surface area contributed by atoms with Gasteiger partial charge in [-0.05, 0) is 45.1 Å². The van der Waals surface area contributed by atoms with Crippen LogP contribution in [0.25, 0.3) is 0 Å². The molecule has 0 amide bonds. The fourth-order valence-corrected chi connectivity index (χ4v) is 2.19. The van der Waals surface area contributed by atoms with Crippen LogP contribution in [-0.4, -0.2) is 30.6 Å². The van der Waals surface area contributed by atoms with Crippen molar-refractivity contribution in [3.05, 3.63) is 0 Å². The van der Waals surface area contributed by atoms with Gasteiger partial charge in [-0.1, -0.05) is 34.1 Å². The molecule has 0 aromatic rings. The summed E-state index contributed by atoms with van der Waals surface area (Å²) in [5, 5.41) is 0. The van der Waals surface area contributed by atoms with Crippen molar-refractivity contribution in [3.63, 3.8) is 0 Å². The van der Waals surface area contributed by atoms with E-state index < -0.39 is 0 Å². The molecular formula is C15H34N2. The molecule has 0 saturated carbocycles. The Morgan fingerprint density at radius 3 is 2.00 bits per heavy atom. The van der Waals surface area contributed by atoms with Crippen LogP contribution in [0.4, 0.5) is 0 Å². The first kappa shape index (κ1) is 16.9. The van der Waals surface area contributed by atoms with Crippen molar-refractivity contribution in [1.82, 2.24) is 4.90 Å². The highest BCUT2D eigenvalue weighted by Crippen LogP contribution is 2.24. The van der Waals surface area contributed by atoms with Gasteiger partial charge in [0.2, 0.25) is 0 Å². The van der Waals surface area contributed by atoms with Gasteiger partial charge in [-0.15, -0.1) is 0 Å². The van der Waals surface area contributed by atoms with Gasteiger partial charge in [0, 0.05) is 18.6 Å². The number of rotatable bonds is 7. The maximum Gasteiger partial charge on any atom is 0.0112 e. The molecule has 0 spiro atoms. The van der Waals surface area contributed by atoms with Crippen LogP contribution in [0, 0.1) is 11.3 Å². The Balaban J connectivity index is 3.91. The van der Waals surface area contributed by atoms with Crippen molar-refractivity contribution in [1.29, 1.82) is 0 Å². The summed E-state index contributed by atoms with van der Waals surface area (Å²) in [6, 6.07) is 0.979. The topological polar surface area (TPSA) is 29.3 Å². The van der Waals surface area contributed by atoms with E-state index in [0.29, 0.717) is 17.5 Å². The van der Waals surface area contributed by atoms with Crippen LogP contribution in [0.5, 0.6) is 0 Å². The molecule has 0 radical (unpaired) electrons. The summed E-state index contributed by atoms with van der Waals surface area (Å²) >= 11 is 0. The van der Waals surface area contributed by atoms with Crippen LogP contribution in [0.3, 0.4) is 0 Å². The van der Waals surface area contributed by atoms with Gasteiger partial charge in [0.25, 0.3) is 0 Å². The van der Waals surface area contributed by atoms with Gasteiger partial charge in [-0.3, -0.25) is 0 Å². The Kier molecular flexibility index (Phi) is 7.34. The second-order valence-electron chi connectivity index (χ2n) is 6.99. The van der Waals surface area contributed by atoms with Gasteiger partial charge < -0.3 is 10.6 Å². The average Bonchev–Trinajstić information content (AvgIpc) is 2.14. The predicted octanol–water partition coefficient (Wildman–Crippen LogP) is 3.51. The van der Waals surface area contributed by atoms with Crippen LogP contribution in [-0.2, 0) is 0 Å². The highest BCUT2D eigenvalue weighted by atomic mass is 15.1. The maximum atomic E-state index is 5.77. The van der Waals surface area contributed by atoms with E-state index in [1.165, 1.54) is 19.4 Å². The van der Waals surface area contributed by atoms with Gasteiger partial charge in [0.05, 0.1) is 0 Å². The molecule has 0 aliphatic rings. The zero-order valence-corrected chi connectivity index (χ0v) is 13.1. The van der Waals surface area contributed by atoms with E-state index in [9.17, 15) is 0 Å². The third kappa shape index (κ3) is 7.77. The van der Waals surface area contributed by atoms with Gasteiger partial charge in [0.1, 0.15) is 0 Å². The Morgan fingerprint density at radius 2 is 1.59 bits per heavy atom. The smallest absolute Gasteiger partial charge is 0.0112 e. The molecule has 0 aromatic carbocycles. The lowest BCUT2D eigenvalue weighted by Gasteiger charge is -2.36. The number of hydrogen-bond acceptors (Lipinski definition) is 2. The van der Waals surface area contributed by atoms with Gasteiger partial charge in [-0.25, -0.2) is 0 Å². The number of nitrogens with two attached hydrogens (primary N) is 1. The third-order valence-corrected chi connectivity index (χ3v) is 3.87. The molecular weight excluding hydrogens is 208 g/mol. The first-order valence-corrected chi connectivity index (χ1v) is 7.10. The Labute approximate surface area is 109 Å². The zero-order valence-electron chi connectivity index (χ0n) is 13.1. The predicted molar refractivity (Wildman–Crippen MR) is 78.2 cm³/mol. The highest BCUT2D eigenvalue weighted by molar-refractivity contribution is 4.78. The minimum Gasteiger partial charge on any atom is -0.328 e. The molecule has 2 nitrogen and oxygen atoms in total. The van der Waals surface area contributed by atoms with Crippen LogP contribution in [0.1, 0.15) is 60.8 Å². The van der Waals surface area contributed by atoms with Gasteiger partial charge >= 0.3 is 0 Å². The fraction of sp³-hybridized carbons (Fsp3) is 1.00. The standard InChI is InChI=1S/C15H34N2/c1-12(9-8-10-13(2)16)11-17(7)14(3)15(4,5)6/h12-14H,8-11,16H2,1-7H3. The second kappa shape index (κ2) is 7.38. The minimum absolute atomic E-state index is 0.355. The quantitative estimate of drug-likeness (QED) is 0.740. The van der Waals surface area contributed by atoms with Crippen molar-refractivity contribution in [2.24, 2.45) is 17.1 Å². The lowest BCUT2D eigenvalue weighted by atomic mass is 9.86. The Hall–Kier alpha value is -0.0800. The summed E-state index contributed by atoms with van der Waals surface area (Å²) in [5.41, 5.74) is 6.14. The first-order chi connectivity index (χ1) is 7.64. The molecule has 0 bridgehead atoms. The molecule has 0 aliphatic heterocycles. The normalized spacial score (nSPS) is 18.2. The van der Waals surface area contributed by atoms with Crippen LogP contribution >= 0.6 is 0 Å². The SMILES string of the molecule is CC(N)CCCC(C)CN(C)C(C)C(C)(C)C. The van der Waals surface area contributed by atoms with E-state index in [4.69, 9.17) is 5.73 Å². The summed E-state index contributed by atoms with van der Waals surface area (Å²) in [6.45, 7) is 14.9. The van der Waals surface area contributed by atoms with Crippen molar-refractivity contribution in [2.75, 3.05) is 13.6 Å². The van der Waals surface area contributed by atoms with Crippen molar-refractivity contribution in [2.45, 2.75) is 72.9 Å². The minimum atomic E-state index is 0.355. The average molecular weight is 242 g/mol. The van der Waals surface area contributed by atoms with Gasteiger partial charge in [0.15, 0.2) is 0 Å². The molecule has 0 fully saturated rings. The lowest BCUT2D eigenvalue weighted by Crippen LogP contribution is -2.41. The van der Waals surface area contributed by atoms with E-state index >= 15 is 0 Å². The molecule has 3 atom stereocenters. The summed E-state index contributed by atoms with van der Waals surface area (Å²) < 4.78 is 0. The van der Waals surface area contributed by atoms with Crippen LogP contribution < -0.4 is 5.73 Å². The first-order valence-electron chi connectivity index (χ1n) is 7.10. The Bertz CT molecular complexity index is 194. The number of hydrogen-bond donors (Lipinski definition) is 1. The maximum absolute atomic E-state index is 5.77. The summed E-state index contributed by atoms with van der Waals surface area (Å²) in [5.74, 6) is 0.767. The summed E-state index contributed by atoms with van der Waals surface area (Å²) in [4.78, 5) is 2.50. The molecule has 0 aromatic heterocycles. The van der Waals surface area contributed by atoms with E-state index in [-0.39, 0.29) is 0 Å². The third-order valence-electron chi connectivity index (χ3n) is 3.87. The monoisotopic (exact) mass is 242 g/mol. The van der Waals surface area contributed by atoms with Crippen molar-refractivity contribution in [3.8, 4) is 0 Å². The fourth-order valence-electron chi connectivity index (χ4n) is 2.19. The number of nitrogens with zero attached hydrogens (tertiary/aromatic N) is 1. The molecule has 3 unspecified atom stereocenters. The molecule has 0 heterocycles. The molecule has 0 rings (SSSR count). The molecule has 17 heavy (non-hydrogen) atoms. The van der Waals surface area contributed by atoms with E-state index in [1.807, 2.05) is 0 Å². The van der Waals surface area contributed by atoms with E-state index in [1.54, 1.807) is 0 Å². The summed E-state index contributed by atoms with van der Waals surface area (Å²) in [6.07, 6.45) is 3.71. The molecule has 2 heteroatoms. The summed E-state index contributed by atoms with van der Waals surface area (Å²) in [7, 11) is 2.25. The van der Waals surface area contributed by atoms with Crippen molar-refractivity contribution >= 4 is 0 Å². The lowest BCUT2D eigenvalue weighted by molar-refractivity contribution is 0.123. The highest BCUT2D eigenvalue weighted by Gasteiger charge is 2.24. The molecule has 0 aliphatic carbocycles.